The minimum Gasteiger partial charge on any atom is -0.345 e. The number of para-hydroxylation sites is 3. The van der Waals surface area contributed by atoms with E-state index in [1.165, 1.54) is 50.5 Å². The summed E-state index contributed by atoms with van der Waals surface area (Å²) in [6.45, 7) is 0. The molecule has 0 saturated heterocycles. The summed E-state index contributed by atoms with van der Waals surface area (Å²) in [5, 5.41) is 38.5. The van der Waals surface area contributed by atoms with Gasteiger partial charge in [-0.1, -0.05) is 224 Å². The topological polar surface area (TPSA) is 130 Å². The molecule has 0 aliphatic carbocycles. The van der Waals surface area contributed by atoms with Crippen molar-refractivity contribution in [1.29, 1.82) is 5.26 Å². The Morgan fingerprint density at radius 2 is 0.437 bits per heavy atom. The van der Waals surface area contributed by atoms with Crippen molar-refractivity contribution in [3.05, 3.63) is 463 Å². The predicted molar refractivity (Wildman–Crippen MR) is 494 cm³/mol. The van der Waals surface area contributed by atoms with Crippen molar-refractivity contribution in [2.45, 2.75) is 0 Å². The molecule has 0 aliphatic rings. The molecule has 0 aliphatic heterocycles. The van der Waals surface area contributed by atoms with Gasteiger partial charge in [-0.2, -0.15) is 5.26 Å². The van der Waals surface area contributed by atoms with Crippen LogP contribution in [0.15, 0.2) is 437 Å². The molecule has 574 valence electrons. The van der Waals surface area contributed by atoms with E-state index in [-0.39, 0.29) is 21.2 Å². The van der Waals surface area contributed by atoms with Gasteiger partial charge in [-0.05, 0) is 254 Å². The summed E-state index contributed by atoms with van der Waals surface area (Å²) in [5.74, 6) is 0. The van der Waals surface area contributed by atoms with Crippen LogP contribution < -0.4 is 29.4 Å². The molecule has 0 atom stereocenters. The second-order valence-corrected chi connectivity index (χ2v) is 28.8. The average molecular weight is 1540 g/mol. The molecule has 119 heavy (non-hydrogen) atoms. The highest BCUT2D eigenvalue weighted by molar-refractivity contribution is 5.93. The van der Waals surface area contributed by atoms with E-state index in [0.717, 1.165) is 119 Å². The molecule has 0 heterocycles. The zero-order chi connectivity index (χ0) is 81.6. The number of non-ortho nitro benzene ring substituents is 2. The number of fused-ring (bicyclic) bond motifs is 3. The van der Waals surface area contributed by atoms with Crippen LogP contribution in [0.5, 0.6) is 0 Å². The number of nitro groups is 2. The first kappa shape index (κ1) is 76.8. The molecule has 13 heteroatoms. The van der Waals surface area contributed by atoms with Crippen molar-refractivity contribution in [3.8, 4) is 39.4 Å². The number of benzene rings is 18. The third kappa shape index (κ3) is 17.6. The average Bonchev–Trinajstić information content (AvgIpc) is 0.796. The molecular weight excluding hydrogens is 1460 g/mol. The van der Waals surface area contributed by atoms with Gasteiger partial charge in [-0.25, -0.2) is 0 Å². The van der Waals surface area contributed by atoms with Crippen molar-refractivity contribution >= 4 is 129 Å². The van der Waals surface area contributed by atoms with Gasteiger partial charge in [0, 0.05) is 131 Å². The Morgan fingerprint density at radius 3 is 0.723 bits per heavy atom. The zero-order valence-corrected chi connectivity index (χ0v) is 65.7. The summed E-state index contributed by atoms with van der Waals surface area (Å²) in [6.07, 6.45) is 0. The Hall–Kier alpha value is -16.2. The van der Waals surface area contributed by atoms with Crippen LogP contribution in [-0.4, -0.2) is 31.0 Å². The van der Waals surface area contributed by atoms with E-state index in [1.807, 2.05) is 91.6 Å². The van der Waals surface area contributed by atoms with Gasteiger partial charge >= 0.3 is 0 Å². The van der Waals surface area contributed by atoms with Gasteiger partial charge in [0.2, 0.25) is 0 Å². The molecule has 0 unspecified atom stereocenters. The summed E-state index contributed by atoms with van der Waals surface area (Å²) < 4.78 is 0. The van der Waals surface area contributed by atoms with Crippen LogP contribution >= 0.6 is 0 Å². The fourth-order valence-electron chi connectivity index (χ4n) is 14.9. The quantitative estimate of drug-likeness (QED) is 0.0534. The van der Waals surface area contributed by atoms with Crippen molar-refractivity contribution in [3.63, 3.8) is 0 Å². The SMILES string of the molecule is CN(c1ccc(-c2ccc(N(c3ccccc3)c3ccc4ccccc4c3)cc2)cc1)c1ccc([N+](=O)[O-])cc1.CN(c1ccc(-c2ccc(N(c3ccccc3)c3ccc4ccccc4c3)cc2)cc1)c1cccc([N+](=O)[O-])c1.CN(c1ccc(C#N)cc1)c1ccc(-c2ccc(N(c3ccccc3)c3ccc4ccccc4c3)cc2)cc1. The minimum absolute atomic E-state index is 0.0781. The molecule has 0 fully saturated rings. The summed E-state index contributed by atoms with van der Waals surface area (Å²) in [4.78, 5) is 34.3. The summed E-state index contributed by atoms with van der Waals surface area (Å²) in [5.41, 5.74) is 23.3. The van der Waals surface area contributed by atoms with Crippen molar-refractivity contribution in [2.75, 3.05) is 50.5 Å². The Morgan fingerprint density at radius 1 is 0.210 bits per heavy atom. The smallest absolute Gasteiger partial charge is 0.271 e. The molecule has 0 amide bonds. The summed E-state index contributed by atoms with van der Waals surface area (Å²) in [7, 11) is 5.90. The number of hydrogen-bond acceptors (Lipinski definition) is 11. The lowest BCUT2D eigenvalue weighted by atomic mass is 10.0. The Kier molecular flexibility index (Phi) is 22.9. The van der Waals surface area contributed by atoms with E-state index < -0.39 is 0 Å². The maximum absolute atomic E-state index is 11.2. The van der Waals surface area contributed by atoms with E-state index in [0.29, 0.717) is 5.56 Å². The molecule has 18 aromatic rings. The van der Waals surface area contributed by atoms with Gasteiger partial charge in [0.25, 0.3) is 11.4 Å². The van der Waals surface area contributed by atoms with Crippen molar-refractivity contribution in [2.24, 2.45) is 0 Å². The Labute approximate surface area is 692 Å². The first-order valence-electron chi connectivity index (χ1n) is 39.2. The fraction of sp³-hybridized carbons (Fsp3) is 0.0283. The summed E-state index contributed by atoms with van der Waals surface area (Å²) >= 11 is 0. The highest BCUT2D eigenvalue weighted by Crippen LogP contribution is 2.43. The standard InChI is InChI=1S/C36H27N3.2C35H27N3O2/c1-38(32-18-11-27(26-37)12-19-32)33-20-13-29(14-21-33)30-15-22-35(23-16-30)39(34-9-3-2-4-10-34)36-24-17-28-7-5-6-8-31(28)25-36;1-36(33-12-7-13-35(25-33)38(39)40)30-19-14-27(15-20-30)28-16-21-32(22-17-28)37(31-10-3-2-4-11-31)34-23-18-26-8-5-6-9-29(26)24-34;1-36(31-21-23-34(24-22-31)38(39)40)30-16-11-27(12-17-30)28-13-18-33(19-14-28)37(32-9-3-2-4-10-32)35-20-15-26-7-5-6-8-29(26)25-35/h2-25H,1H3;2*2-25H,1H3. The normalized spacial score (nSPS) is 10.8. The van der Waals surface area contributed by atoms with Crippen LogP contribution in [0.4, 0.5) is 96.7 Å². The zero-order valence-electron chi connectivity index (χ0n) is 65.7. The Bertz CT molecular complexity index is 6580. The maximum atomic E-state index is 11.2. The molecule has 18 rings (SSSR count). The van der Waals surface area contributed by atoms with Crippen LogP contribution in [-0.2, 0) is 0 Å². The van der Waals surface area contributed by atoms with E-state index in [4.69, 9.17) is 5.26 Å². The molecule has 0 aromatic heterocycles. The van der Waals surface area contributed by atoms with Gasteiger partial charge in [0.1, 0.15) is 0 Å². The lowest BCUT2D eigenvalue weighted by molar-refractivity contribution is -0.385. The van der Waals surface area contributed by atoms with Gasteiger partial charge in [-0.15, -0.1) is 0 Å². The molecule has 13 nitrogen and oxygen atoms in total. The molecule has 0 bridgehead atoms. The van der Waals surface area contributed by atoms with Crippen LogP contribution in [0.3, 0.4) is 0 Å². The highest BCUT2D eigenvalue weighted by Gasteiger charge is 2.20. The number of nitriles is 1. The number of hydrogen-bond donors (Lipinski definition) is 0. The number of nitro benzene ring substituents is 2. The summed E-state index contributed by atoms with van der Waals surface area (Å²) in [6, 6.07) is 151. The molecule has 18 aromatic carbocycles. The molecular formula is C106H81N9O4. The van der Waals surface area contributed by atoms with Crippen molar-refractivity contribution < 1.29 is 9.85 Å². The van der Waals surface area contributed by atoms with E-state index in [2.05, 4.69) is 359 Å². The number of anilines is 15. The monoisotopic (exact) mass is 1540 g/mol. The van der Waals surface area contributed by atoms with Crippen LogP contribution in [0, 0.1) is 31.6 Å². The third-order valence-electron chi connectivity index (χ3n) is 21.4. The molecule has 0 N–H and O–H groups in total. The highest BCUT2D eigenvalue weighted by atomic mass is 16.6. The Balaban J connectivity index is 0.000000133. The number of rotatable bonds is 20. The lowest BCUT2D eigenvalue weighted by Gasteiger charge is -2.26. The largest absolute Gasteiger partial charge is 0.345 e. The molecule has 0 radical (unpaired) electrons. The second-order valence-electron chi connectivity index (χ2n) is 28.8. The predicted octanol–water partition coefficient (Wildman–Crippen LogP) is 28.9. The second kappa shape index (κ2) is 35.5. The molecule has 0 saturated carbocycles. The third-order valence-corrected chi connectivity index (χ3v) is 21.4. The van der Waals surface area contributed by atoms with Crippen molar-refractivity contribution in [1.82, 2.24) is 0 Å². The number of nitrogens with zero attached hydrogens (tertiary/aromatic N) is 9. The van der Waals surface area contributed by atoms with E-state index in [9.17, 15) is 20.2 Å². The van der Waals surface area contributed by atoms with Crippen LogP contribution in [0.2, 0.25) is 0 Å². The first-order chi connectivity index (χ1) is 58.3. The van der Waals surface area contributed by atoms with Gasteiger partial charge in [0.15, 0.2) is 0 Å². The van der Waals surface area contributed by atoms with Gasteiger partial charge in [-0.3, -0.25) is 20.2 Å². The fourth-order valence-corrected chi connectivity index (χ4v) is 14.9. The van der Waals surface area contributed by atoms with Crippen LogP contribution in [0.1, 0.15) is 5.56 Å². The van der Waals surface area contributed by atoms with E-state index >= 15 is 0 Å². The maximum Gasteiger partial charge on any atom is 0.271 e. The molecule has 0 spiro atoms. The minimum atomic E-state index is -0.384. The van der Waals surface area contributed by atoms with Gasteiger partial charge < -0.3 is 29.4 Å². The van der Waals surface area contributed by atoms with E-state index in [1.54, 1.807) is 24.3 Å². The first-order valence-corrected chi connectivity index (χ1v) is 39.2. The van der Waals surface area contributed by atoms with Gasteiger partial charge in [0.05, 0.1) is 21.5 Å². The van der Waals surface area contributed by atoms with Crippen LogP contribution in [0.25, 0.3) is 65.7 Å². The lowest BCUT2D eigenvalue weighted by Crippen LogP contribution is -2.09.